The Kier molecular flexibility index (Phi) is 3.68. The molecule has 0 aromatic heterocycles. The van der Waals surface area contributed by atoms with E-state index in [1.165, 1.54) is 5.56 Å². The Morgan fingerprint density at radius 2 is 2.17 bits per heavy atom. The van der Waals surface area contributed by atoms with E-state index in [1.807, 2.05) is 20.8 Å². The van der Waals surface area contributed by atoms with Crippen molar-refractivity contribution < 1.29 is 9.53 Å². The molecule has 2 atom stereocenters. The molecule has 0 aliphatic carbocycles. The summed E-state index contributed by atoms with van der Waals surface area (Å²) in [6.07, 6.45) is 0. The first kappa shape index (κ1) is 13.1. The third-order valence-electron chi connectivity index (χ3n) is 3.20. The van der Waals surface area contributed by atoms with Crippen molar-refractivity contribution in [3.05, 3.63) is 28.8 Å². The number of methoxy groups -OCH3 is 1. The topological polar surface area (TPSA) is 50.4 Å². The van der Waals surface area contributed by atoms with E-state index in [4.69, 9.17) is 4.74 Å². The van der Waals surface area contributed by atoms with Gasteiger partial charge in [0.15, 0.2) is 0 Å². The molecule has 1 aliphatic rings. The zero-order valence-electron chi connectivity index (χ0n) is 11.3. The van der Waals surface area contributed by atoms with Gasteiger partial charge in [-0.05, 0) is 26.3 Å². The highest BCUT2D eigenvalue weighted by Crippen LogP contribution is 2.34. The van der Waals surface area contributed by atoms with Gasteiger partial charge in [-0.3, -0.25) is 10.1 Å². The van der Waals surface area contributed by atoms with Crippen LogP contribution in [-0.2, 0) is 9.53 Å². The number of nitrogens with one attached hydrogen (secondary N) is 2. The average molecular weight is 248 g/mol. The van der Waals surface area contributed by atoms with Gasteiger partial charge in [-0.15, -0.1) is 0 Å². The lowest BCUT2D eigenvalue weighted by Crippen LogP contribution is -2.37. The fourth-order valence-corrected chi connectivity index (χ4v) is 2.48. The Bertz CT molecular complexity index is 471. The van der Waals surface area contributed by atoms with Crippen molar-refractivity contribution in [2.45, 2.75) is 32.9 Å². The number of rotatable bonds is 4. The molecular formula is C14H20N2O2. The number of aryl methyl sites for hydroxylation is 2. The summed E-state index contributed by atoms with van der Waals surface area (Å²) >= 11 is 0. The zero-order valence-corrected chi connectivity index (χ0v) is 11.3. The molecule has 2 unspecified atom stereocenters. The van der Waals surface area contributed by atoms with Crippen LogP contribution >= 0.6 is 0 Å². The normalized spacial score (nSPS) is 19.6. The van der Waals surface area contributed by atoms with Gasteiger partial charge in [-0.25, -0.2) is 0 Å². The minimum Gasteiger partial charge on any atom is -0.383 e. The highest BCUT2D eigenvalue weighted by Gasteiger charge is 2.32. The van der Waals surface area contributed by atoms with Crippen LogP contribution in [0, 0.1) is 13.8 Å². The van der Waals surface area contributed by atoms with Crippen molar-refractivity contribution in [2.75, 3.05) is 19.0 Å². The molecule has 1 amide bonds. The van der Waals surface area contributed by atoms with Gasteiger partial charge in [0.1, 0.15) is 6.04 Å². The number of fused-ring (bicyclic) bond motifs is 1. The summed E-state index contributed by atoms with van der Waals surface area (Å²) in [7, 11) is 1.66. The van der Waals surface area contributed by atoms with Crippen LogP contribution in [-0.4, -0.2) is 25.7 Å². The van der Waals surface area contributed by atoms with Crippen molar-refractivity contribution in [3.8, 4) is 0 Å². The van der Waals surface area contributed by atoms with Gasteiger partial charge in [-0.1, -0.05) is 17.7 Å². The SMILES string of the molecule is COCC(C)NC1C(=O)Nc2c(C)cc(C)cc21. The fraction of sp³-hybridized carbons (Fsp3) is 0.500. The van der Waals surface area contributed by atoms with E-state index < -0.39 is 0 Å². The summed E-state index contributed by atoms with van der Waals surface area (Å²) in [5, 5.41) is 6.25. The van der Waals surface area contributed by atoms with Gasteiger partial charge in [0.25, 0.3) is 0 Å². The first-order valence-corrected chi connectivity index (χ1v) is 6.20. The average Bonchev–Trinajstić information content (AvgIpc) is 2.58. The number of hydrogen-bond donors (Lipinski definition) is 2. The summed E-state index contributed by atoms with van der Waals surface area (Å²) in [5.41, 5.74) is 4.28. The van der Waals surface area contributed by atoms with Gasteiger partial charge in [0.05, 0.1) is 6.61 Å². The molecule has 98 valence electrons. The third kappa shape index (κ3) is 2.40. The van der Waals surface area contributed by atoms with Crippen molar-refractivity contribution in [1.82, 2.24) is 5.32 Å². The van der Waals surface area contributed by atoms with Crippen LogP contribution in [0.4, 0.5) is 5.69 Å². The molecule has 2 N–H and O–H groups in total. The maximum absolute atomic E-state index is 12.0. The van der Waals surface area contributed by atoms with Crippen molar-refractivity contribution in [3.63, 3.8) is 0 Å². The van der Waals surface area contributed by atoms with E-state index in [0.717, 1.165) is 16.8 Å². The second kappa shape index (κ2) is 5.08. The van der Waals surface area contributed by atoms with E-state index in [9.17, 15) is 4.79 Å². The van der Waals surface area contributed by atoms with Crippen molar-refractivity contribution >= 4 is 11.6 Å². The Morgan fingerprint density at radius 1 is 1.44 bits per heavy atom. The predicted octanol–water partition coefficient (Wildman–Crippen LogP) is 1.92. The van der Waals surface area contributed by atoms with Crippen LogP contribution in [0.5, 0.6) is 0 Å². The number of carbonyl (C=O) groups is 1. The summed E-state index contributed by atoms with van der Waals surface area (Å²) in [5.74, 6) is 0.0154. The van der Waals surface area contributed by atoms with E-state index in [2.05, 4.69) is 22.8 Å². The lowest BCUT2D eigenvalue weighted by molar-refractivity contribution is -0.117. The standard InChI is InChI=1S/C14H20N2O2/c1-8-5-9(2)12-11(6-8)13(14(17)16-12)15-10(3)7-18-4/h5-6,10,13,15H,7H2,1-4H3,(H,16,17). The Morgan fingerprint density at radius 3 is 2.83 bits per heavy atom. The Balaban J connectivity index is 2.27. The number of anilines is 1. The fourth-order valence-electron chi connectivity index (χ4n) is 2.48. The summed E-state index contributed by atoms with van der Waals surface area (Å²) in [6.45, 7) is 6.67. The lowest BCUT2D eigenvalue weighted by Gasteiger charge is -2.18. The van der Waals surface area contributed by atoms with E-state index >= 15 is 0 Å². The molecule has 4 nitrogen and oxygen atoms in total. The van der Waals surface area contributed by atoms with E-state index in [1.54, 1.807) is 7.11 Å². The maximum atomic E-state index is 12.0. The molecule has 1 aliphatic heterocycles. The summed E-state index contributed by atoms with van der Waals surface area (Å²) in [4.78, 5) is 12.0. The van der Waals surface area contributed by atoms with Crippen LogP contribution in [0.1, 0.15) is 29.7 Å². The molecule has 0 spiro atoms. The van der Waals surface area contributed by atoms with Gasteiger partial charge in [0.2, 0.25) is 5.91 Å². The Hall–Kier alpha value is -1.39. The van der Waals surface area contributed by atoms with E-state index in [0.29, 0.717) is 6.61 Å². The predicted molar refractivity (Wildman–Crippen MR) is 71.8 cm³/mol. The van der Waals surface area contributed by atoms with Crippen LogP contribution < -0.4 is 10.6 Å². The molecule has 2 rings (SSSR count). The monoisotopic (exact) mass is 248 g/mol. The third-order valence-corrected chi connectivity index (χ3v) is 3.20. The summed E-state index contributed by atoms with van der Waals surface area (Å²) < 4.78 is 5.09. The molecule has 1 aromatic carbocycles. The van der Waals surface area contributed by atoms with Crippen LogP contribution in [0.2, 0.25) is 0 Å². The first-order chi connectivity index (χ1) is 8.52. The van der Waals surface area contributed by atoms with Crippen LogP contribution in [0.15, 0.2) is 12.1 Å². The highest BCUT2D eigenvalue weighted by molar-refractivity contribution is 6.03. The Labute approximate surface area is 108 Å². The molecule has 0 fully saturated rings. The van der Waals surface area contributed by atoms with Crippen LogP contribution in [0.3, 0.4) is 0 Å². The van der Waals surface area contributed by atoms with Crippen molar-refractivity contribution in [1.29, 1.82) is 0 Å². The number of hydrogen-bond acceptors (Lipinski definition) is 3. The molecule has 18 heavy (non-hydrogen) atoms. The van der Waals surface area contributed by atoms with Gasteiger partial charge < -0.3 is 10.1 Å². The van der Waals surface area contributed by atoms with Gasteiger partial charge in [-0.2, -0.15) is 0 Å². The minimum absolute atomic E-state index is 0.0154. The molecule has 1 aromatic rings. The maximum Gasteiger partial charge on any atom is 0.246 e. The zero-order chi connectivity index (χ0) is 13.3. The number of benzene rings is 1. The largest absolute Gasteiger partial charge is 0.383 e. The van der Waals surface area contributed by atoms with Gasteiger partial charge >= 0.3 is 0 Å². The lowest BCUT2D eigenvalue weighted by atomic mass is 10.0. The molecule has 0 radical (unpaired) electrons. The number of carbonyl (C=O) groups excluding carboxylic acids is 1. The van der Waals surface area contributed by atoms with Crippen molar-refractivity contribution in [2.24, 2.45) is 0 Å². The molecule has 4 heteroatoms. The molecule has 1 heterocycles. The smallest absolute Gasteiger partial charge is 0.246 e. The highest BCUT2D eigenvalue weighted by atomic mass is 16.5. The second-order valence-corrected chi connectivity index (χ2v) is 4.99. The number of ether oxygens (including phenoxy) is 1. The molecule has 0 saturated heterocycles. The molecular weight excluding hydrogens is 228 g/mol. The van der Waals surface area contributed by atoms with E-state index in [-0.39, 0.29) is 18.0 Å². The summed E-state index contributed by atoms with van der Waals surface area (Å²) in [6, 6.07) is 4.01. The molecule has 0 saturated carbocycles. The minimum atomic E-state index is -0.274. The van der Waals surface area contributed by atoms with Gasteiger partial charge in [0, 0.05) is 24.4 Å². The quantitative estimate of drug-likeness (QED) is 0.856. The first-order valence-electron chi connectivity index (χ1n) is 6.20. The van der Waals surface area contributed by atoms with Crippen LogP contribution in [0.25, 0.3) is 0 Å². The molecule has 0 bridgehead atoms. The second-order valence-electron chi connectivity index (χ2n) is 4.99. The number of amides is 1.